The number of thiocarbonyl (C=S) groups is 1. The Morgan fingerprint density at radius 1 is 1.34 bits per heavy atom. The van der Waals surface area contributed by atoms with Crippen LogP contribution in [0.4, 0.5) is 28.0 Å². The van der Waals surface area contributed by atoms with Gasteiger partial charge in [0.2, 0.25) is 0 Å². The molecule has 6 nitrogen and oxygen atoms in total. The van der Waals surface area contributed by atoms with Gasteiger partial charge >= 0.3 is 6.09 Å². The van der Waals surface area contributed by atoms with Crippen LogP contribution in [0.1, 0.15) is 17.9 Å². The third-order valence-electron chi connectivity index (χ3n) is 4.58. The molecule has 0 saturated carbocycles. The average molecular weight is 454 g/mol. The van der Waals surface area contributed by atoms with E-state index in [2.05, 4.69) is 17.5 Å². The Bertz CT molecular complexity index is 830. The first-order valence-electron chi connectivity index (χ1n) is 8.54. The normalized spacial score (nSPS) is 24.5. The predicted octanol–water partition coefficient (Wildman–Crippen LogP) is 4.22. The molecule has 3 rings (SSSR count). The summed E-state index contributed by atoms with van der Waals surface area (Å²) in [5, 5.41) is 3.44. The molecule has 1 fully saturated rings. The van der Waals surface area contributed by atoms with E-state index in [1.54, 1.807) is 0 Å². The number of hydrogen-bond acceptors (Lipinski definition) is 5. The number of halogens is 4. The maximum absolute atomic E-state index is 14.6. The number of amides is 1. The zero-order valence-electron chi connectivity index (χ0n) is 14.9. The minimum absolute atomic E-state index is 0.00239. The van der Waals surface area contributed by atoms with Crippen molar-refractivity contribution in [1.82, 2.24) is 5.32 Å². The van der Waals surface area contributed by atoms with Gasteiger partial charge in [0.1, 0.15) is 22.7 Å². The molecule has 1 unspecified atom stereocenters. The first-order chi connectivity index (χ1) is 13.6. The first-order valence-corrected chi connectivity index (χ1v) is 10.7. The third-order valence-corrected chi connectivity index (χ3v) is 6.33. The quantitative estimate of drug-likeness (QED) is 0.457. The number of nitrogens with zero attached hydrogens (tertiary/aromatic N) is 1. The van der Waals surface area contributed by atoms with Gasteiger partial charge in [-0.25, -0.2) is 22.4 Å². The molecular formula is C17H18F4N2O4S2. The van der Waals surface area contributed by atoms with E-state index < -0.39 is 51.8 Å². The lowest BCUT2D eigenvalue weighted by atomic mass is 9.95. The van der Waals surface area contributed by atoms with Gasteiger partial charge in [-0.2, -0.15) is 10.6 Å². The fourth-order valence-electron chi connectivity index (χ4n) is 3.14. The molecule has 0 spiro atoms. The molecule has 1 aromatic rings. The van der Waals surface area contributed by atoms with E-state index in [1.165, 1.54) is 6.08 Å². The molecule has 0 radical (unpaired) electrons. The summed E-state index contributed by atoms with van der Waals surface area (Å²) >= 11 is 4.44. The van der Waals surface area contributed by atoms with Crippen molar-refractivity contribution < 1.29 is 36.2 Å². The van der Waals surface area contributed by atoms with Crippen LogP contribution in [0.25, 0.3) is 0 Å². The van der Waals surface area contributed by atoms with Crippen LogP contribution in [0, 0.1) is 11.6 Å². The van der Waals surface area contributed by atoms with Crippen molar-refractivity contribution >= 4 is 39.6 Å². The third kappa shape index (κ3) is 5.00. The van der Waals surface area contributed by atoms with Crippen LogP contribution in [0.15, 0.2) is 23.6 Å². The van der Waals surface area contributed by atoms with Crippen LogP contribution in [-0.2, 0) is 4.74 Å². The van der Waals surface area contributed by atoms with Gasteiger partial charge in [0, 0.05) is 22.6 Å². The Morgan fingerprint density at radius 3 is 2.55 bits per heavy atom. The van der Waals surface area contributed by atoms with E-state index >= 15 is 0 Å². The maximum atomic E-state index is 14.6. The summed E-state index contributed by atoms with van der Waals surface area (Å²) in [6.45, 7) is -0.256. The predicted molar refractivity (Wildman–Crippen MR) is 105 cm³/mol. The Kier molecular flexibility index (Phi) is 6.36. The lowest BCUT2D eigenvalue weighted by Crippen LogP contribution is -2.36. The number of benzene rings is 1. The van der Waals surface area contributed by atoms with Crippen LogP contribution >= 0.6 is 22.8 Å². The van der Waals surface area contributed by atoms with Crippen molar-refractivity contribution in [3.63, 3.8) is 0 Å². The van der Waals surface area contributed by atoms with E-state index in [9.17, 15) is 31.5 Å². The number of alkyl halides is 2. The lowest BCUT2D eigenvalue weighted by molar-refractivity contribution is 0.142. The molecule has 1 saturated heterocycles. The number of allylic oxidation sites excluding steroid dienone is 1. The number of hydrogen-bond donors (Lipinski definition) is 3. The van der Waals surface area contributed by atoms with Crippen LogP contribution in [0.3, 0.4) is 0 Å². The summed E-state index contributed by atoms with van der Waals surface area (Å²) in [4.78, 5) is 12.3. The molecule has 12 heteroatoms. The fourth-order valence-corrected chi connectivity index (χ4v) is 4.40. The number of cyclic esters (lactones) is 1. The van der Waals surface area contributed by atoms with Gasteiger partial charge in [0.25, 0.3) is 6.43 Å². The largest absolute Gasteiger partial charge is 0.442 e. The van der Waals surface area contributed by atoms with Gasteiger partial charge in [-0.1, -0.05) is 18.3 Å². The minimum Gasteiger partial charge on any atom is -0.442 e. The van der Waals surface area contributed by atoms with Crippen LogP contribution in [0.5, 0.6) is 0 Å². The van der Waals surface area contributed by atoms with Gasteiger partial charge in [-0.3, -0.25) is 14.0 Å². The van der Waals surface area contributed by atoms with Gasteiger partial charge in [-0.15, -0.1) is 0 Å². The number of anilines is 1. The average Bonchev–Trinajstić information content (AvgIpc) is 3.01. The number of ether oxygens (including phenoxy) is 1. The van der Waals surface area contributed by atoms with Crippen molar-refractivity contribution in [1.29, 1.82) is 0 Å². The van der Waals surface area contributed by atoms with Crippen molar-refractivity contribution in [2.75, 3.05) is 23.7 Å². The second kappa shape index (κ2) is 8.46. The topological polar surface area (TPSA) is 82.0 Å². The second-order valence-corrected chi connectivity index (χ2v) is 9.19. The van der Waals surface area contributed by atoms with E-state index in [0.29, 0.717) is 0 Å². The van der Waals surface area contributed by atoms with E-state index in [-0.39, 0.29) is 36.5 Å². The minimum atomic E-state index is -2.86. The van der Waals surface area contributed by atoms with E-state index in [0.717, 1.165) is 22.4 Å². The van der Waals surface area contributed by atoms with Gasteiger partial charge < -0.3 is 10.1 Å². The molecule has 29 heavy (non-hydrogen) atoms. The highest BCUT2D eigenvalue weighted by Gasteiger charge is 2.34. The monoisotopic (exact) mass is 454 g/mol. The zero-order chi connectivity index (χ0) is 21.3. The summed E-state index contributed by atoms with van der Waals surface area (Å²) < 4.78 is 78.2. The molecule has 2 heterocycles. The Hall–Kier alpha value is -1.89. The number of nitrogens with one attached hydrogen (secondary N) is 1. The number of carbonyl (C=O) groups excluding carboxylic acids is 1. The van der Waals surface area contributed by atoms with Crippen LogP contribution in [0.2, 0.25) is 0 Å². The highest BCUT2D eigenvalue weighted by Crippen LogP contribution is 2.48. The van der Waals surface area contributed by atoms with Crippen LogP contribution in [-0.4, -0.2) is 51.6 Å². The SMILES string of the molecule is O=C1O[C@@H](CNC(=S)C(F)F)CN1c1cc(F)c(C2C=CS(O)(O)CC2)c(F)c1. The fraction of sp³-hybridized carbons (Fsp3) is 0.412. The Morgan fingerprint density at radius 2 is 2.00 bits per heavy atom. The molecule has 2 atom stereocenters. The van der Waals surface area contributed by atoms with Crippen LogP contribution < -0.4 is 10.2 Å². The second-order valence-electron chi connectivity index (χ2n) is 6.63. The van der Waals surface area contributed by atoms with Crippen molar-refractivity contribution in [3.8, 4) is 0 Å². The molecule has 2 aliphatic rings. The zero-order valence-corrected chi connectivity index (χ0v) is 16.5. The summed E-state index contributed by atoms with van der Waals surface area (Å²) in [6.07, 6.45) is -3.01. The van der Waals surface area contributed by atoms with E-state index in [1.807, 2.05) is 0 Å². The summed E-state index contributed by atoms with van der Waals surface area (Å²) in [6, 6.07) is 1.97. The Labute approximate surface area is 170 Å². The smallest absolute Gasteiger partial charge is 0.414 e. The maximum Gasteiger partial charge on any atom is 0.414 e. The van der Waals surface area contributed by atoms with Crippen molar-refractivity contribution in [2.24, 2.45) is 0 Å². The summed E-state index contributed by atoms with van der Waals surface area (Å²) in [7, 11) is -2.86. The summed E-state index contributed by atoms with van der Waals surface area (Å²) in [5.41, 5.74) is -0.301. The standard InChI is InChI=1S/C17H18F4N2O4S2/c18-12-5-10(6-13(19)14(12)9-1-3-29(25,26)4-2-9)23-8-11(27-17(23)24)7-22-16(28)15(20)21/h1,3,5-6,9,11,15,25-26H,2,4,7-8H2,(H,22,28)/t9?,11-/m0/s1. The number of rotatable bonds is 5. The molecule has 1 amide bonds. The molecule has 1 aromatic carbocycles. The molecule has 3 N–H and O–H groups in total. The number of carbonyl (C=O) groups is 1. The van der Waals surface area contributed by atoms with Gasteiger partial charge in [-0.05, 0) is 18.6 Å². The molecular weight excluding hydrogens is 436 g/mol. The first kappa shape index (κ1) is 21.8. The molecule has 0 bridgehead atoms. The van der Waals surface area contributed by atoms with Gasteiger partial charge in [0.05, 0.1) is 18.8 Å². The molecule has 0 aliphatic carbocycles. The lowest BCUT2D eigenvalue weighted by Gasteiger charge is -2.34. The van der Waals surface area contributed by atoms with Crippen molar-refractivity contribution in [2.45, 2.75) is 24.9 Å². The molecule has 160 valence electrons. The molecule has 0 aromatic heterocycles. The summed E-state index contributed by atoms with van der Waals surface area (Å²) in [5.74, 6) is -2.44. The highest BCUT2D eigenvalue weighted by atomic mass is 32.3. The van der Waals surface area contributed by atoms with E-state index in [4.69, 9.17) is 4.74 Å². The highest BCUT2D eigenvalue weighted by molar-refractivity contribution is 8.26. The Balaban J connectivity index is 1.73. The van der Waals surface area contributed by atoms with Crippen molar-refractivity contribution in [3.05, 3.63) is 40.8 Å². The van der Waals surface area contributed by atoms with Gasteiger partial charge in [0.15, 0.2) is 0 Å². The molecule has 2 aliphatic heterocycles.